The maximum atomic E-state index is 12.7. The third-order valence-corrected chi connectivity index (χ3v) is 24.9. The van der Waals surface area contributed by atoms with Crippen LogP contribution < -0.4 is 44.7 Å². The zero-order chi connectivity index (χ0) is 94.4. The number of methoxy groups -OCH3 is 4. The van der Waals surface area contributed by atoms with Crippen molar-refractivity contribution in [3.8, 4) is 23.0 Å². The van der Waals surface area contributed by atoms with E-state index in [4.69, 9.17) is 31.3 Å². The van der Waals surface area contributed by atoms with Crippen molar-refractivity contribution in [2.75, 3.05) is 127 Å². The summed E-state index contributed by atoms with van der Waals surface area (Å²) in [7, 11) is 6.81. The average molecular weight is 1800 g/mol. The Labute approximate surface area is 764 Å². The largest absolute Gasteiger partial charge is 0.497 e. The number of fused-ring (bicyclic) bond motifs is 5. The summed E-state index contributed by atoms with van der Waals surface area (Å²) in [6.45, 7) is 34.8. The molecule has 0 spiro atoms. The predicted octanol–water partition coefficient (Wildman–Crippen LogP) is 22.4. The molecule has 19 rings (SSSR count). The number of nitro groups is 3. The van der Waals surface area contributed by atoms with Crippen LogP contribution in [0.1, 0.15) is 87.2 Å². The summed E-state index contributed by atoms with van der Waals surface area (Å²) in [6, 6.07) is 53.6. The molecule has 30 heteroatoms. The van der Waals surface area contributed by atoms with E-state index in [0.29, 0.717) is 45.3 Å². The second-order valence-electron chi connectivity index (χ2n) is 33.1. The summed E-state index contributed by atoms with van der Waals surface area (Å²) in [5, 5.41) is 40.6. The normalized spacial score (nSPS) is 14.9. The molecule has 690 valence electrons. The highest BCUT2D eigenvalue weighted by molar-refractivity contribution is 5.97. The zero-order valence-corrected chi connectivity index (χ0v) is 76.5. The molecule has 0 unspecified atom stereocenters. The van der Waals surface area contributed by atoms with E-state index in [1.54, 1.807) is 76.0 Å². The monoisotopic (exact) mass is 1800 g/mol. The molecular weight excluding hydrogens is 1690 g/mol. The topological polar surface area (TPSA) is 304 Å². The van der Waals surface area contributed by atoms with Gasteiger partial charge in [0.1, 0.15) is 46.3 Å². The molecule has 5 aromatic heterocycles. The third-order valence-electron chi connectivity index (χ3n) is 24.9. The Morgan fingerprint density at radius 1 is 0.409 bits per heavy atom. The smallest absolute Gasteiger partial charge is 0.275 e. The van der Waals surface area contributed by atoms with Crippen molar-refractivity contribution in [2.45, 2.75) is 99.6 Å². The number of aromatic nitrogens is 5. The molecule has 3 aliphatic heterocycles. The SMILES string of the molecule is COc1cc(N)c2cc[nH]c2c1.COc1cc(N2CCN(Cc3ccccc3)CC2)c2cc[nH]c2c1.COc1cc(N2CCNCC2)c2cc[nH]c2c1.Cc1cc(F)cc([N+](=O)[O-])c1C.Cc1cc(F)cc([N+](=O)[O-])c1C.Cc1cc(F)cc([N+](=O)[O-])c1C.Cc1ccc(F)cc1C.[C-]#[N+]c1ccc2[nH]cc(C3CCC(N4CCN(c5cc(OC)cc6[nH]ccc56)CC4)CC3)c2c1. The maximum Gasteiger partial charge on any atom is 0.275 e. The van der Waals surface area contributed by atoms with Gasteiger partial charge in [0.2, 0.25) is 0 Å². The molecule has 15 aromatic rings. The van der Waals surface area contributed by atoms with Crippen LogP contribution in [-0.2, 0) is 6.54 Å². The van der Waals surface area contributed by atoms with Crippen LogP contribution in [0.15, 0.2) is 207 Å². The highest BCUT2D eigenvalue weighted by Crippen LogP contribution is 2.42. The summed E-state index contributed by atoms with van der Waals surface area (Å²) >= 11 is 0. The van der Waals surface area contributed by atoms with Crippen molar-refractivity contribution < 1.29 is 51.3 Å². The molecule has 1 aliphatic carbocycles. The standard InChI is InChI=1S/C28H31N5O.C20H23N3O.C13H17N3O.C9H10N2O.3C8H8FNO2.C8H9F/c1-29-20-5-8-26-24(15-20)25(18-31-26)19-3-6-21(7-4-19)32-11-13-33(14-12-32)28-17-22(34-2)16-27-23(28)9-10-30-27;1-24-17-13-19-18(7-8-21-19)20(14-17)23-11-9-22(10-12-23)15-16-5-3-2-4-6-16;1-17-10-8-12-11(2-3-15-12)13(9-10)16-6-4-14-5-7-16;1-12-6-4-8(10)7-2-3-11-9(7)5-6;3*1-5-3-7(9)4-8(6(5)2)10(11)12;1-6-3-4-8(9)5-7(6)2/h5,8-10,15-19,21,30-31H,3-4,6-7,11-14H2,2H3;2-8,13-14,21H,9-12,15H2,1H3;2-3,8-9,14-15H,4-7H2,1H3;2-5,11H,10H2,1H3;3*3-4H,1-2H3;3-5H,1-2H3. The Hall–Kier alpha value is -14.4. The van der Waals surface area contributed by atoms with Crippen LogP contribution >= 0.6 is 0 Å². The first-order valence-electron chi connectivity index (χ1n) is 43.8. The molecule has 10 aromatic carbocycles. The Bertz CT molecular complexity index is 6350. The van der Waals surface area contributed by atoms with Gasteiger partial charge in [-0.15, -0.1) is 0 Å². The lowest BCUT2D eigenvalue weighted by Crippen LogP contribution is -2.51. The number of benzene rings is 10. The summed E-state index contributed by atoms with van der Waals surface area (Å²) in [6.07, 6.45) is 15.0. The Kier molecular flexibility index (Phi) is 33.1. The number of nitro benzene ring substituents is 3. The van der Waals surface area contributed by atoms with Crippen molar-refractivity contribution in [1.82, 2.24) is 40.0 Å². The zero-order valence-electron chi connectivity index (χ0n) is 76.5. The lowest BCUT2D eigenvalue weighted by atomic mass is 9.81. The van der Waals surface area contributed by atoms with Gasteiger partial charge in [-0.25, -0.2) is 22.4 Å². The molecular formula is C102H114F4N16O10. The van der Waals surface area contributed by atoms with Crippen LogP contribution in [0.3, 0.4) is 0 Å². The quantitative estimate of drug-likeness (QED) is 0.0175. The number of aryl methyl sites for hydroxylation is 5. The van der Waals surface area contributed by atoms with Crippen LogP contribution in [0.25, 0.3) is 59.4 Å². The summed E-state index contributed by atoms with van der Waals surface area (Å²) < 4.78 is 71.8. The fourth-order valence-electron chi connectivity index (χ4n) is 17.0. The van der Waals surface area contributed by atoms with Crippen molar-refractivity contribution in [3.05, 3.63) is 328 Å². The summed E-state index contributed by atoms with van der Waals surface area (Å²) in [4.78, 5) is 62.0. The number of nitrogens with two attached hydrogens (primary N) is 1. The fraction of sp³-hybridized carbons (Fsp3) is 0.304. The average Bonchev–Trinajstić information content (AvgIpc) is 1.59. The van der Waals surface area contributed by atoms with Crippen LogP contribution in [0.5, 0.6) is 23.0 Å². The molecule has 8 N–H and O–H groups in total. The van der Waals surface area contributed by atoms with Gasteiger partial charge in [-0.05, 0) is 198 Å². The van der Waals surface area contributed by atoms with E-state index in [1.807, 2.05) is 75.0 Å². The minimum Gasteiger partial charge on any atom is -0.497 e. The van der Waals surface area contributed by atoms with Gasteiger partial charge in [0.25, 0.3) is 17.1 Å². The molecule has 8 heterocycles. The van der Waals surface area contributed by atoms with Gasteiger partial charge in [0.15, 0.2) is 5.69 Å². The van der Waals surface area contributed by atoms with Gasteiger partial charge in [-0.1, -0.05) is 42.5 Å². The van der Waals surface area contributed by atoms with Crippen LogP contribution in [0.4, 0.5) is 63.1 Å². The lowest BCUT2D eigenvalue weighted by Gasteiger charge is -2.43. The molecule has 132 heavy (non-hydrogen) atoms. The van der Waals surface area contributed by atoms with E-state index in [2.05, 4.69) is 151 Å². The molecule has 26 nitrogen and oxygen atoms in total. The van der Waals surface area contributed by atoms with Gasteiger partial charge < -0.3 is 69.6 Å². The van der Waals surface area contributed by atoms with Gasteiger partial charge >= 0.3 is 0 Å². The number of aromatic amines is 5. The number of rotatable bonds is 14. The van der Waals surface area contributed by atoms with Crippen molar-refractivity contribution in [1.29, 1.82) is 0 Å². The molecule has 0 atom stereocenters. The fourth-order valence-corrected chi connectivity index (χ4v) is 17.0. The number of nitrogen functional groups attached to an aromatic ring is 1. The van der Waals surface area contributed by atoms with Crippen LogP contribution in [-0.4, -0.2) is 163 Å². The number of halogens is 4. The molecule has 3 saturated heterocycles. The van der Waals surface area contributed by atoms with Gasteiger partial charge in [-0.3, -0.25) is 40.1 Å². The van der Waals surface area contributed by atoms with E-state index in [9.17, 15) is 47.9 Å². The molecule has 0 bridgehead atoms. The summed E-state index contributed by atoms with van der Waals surface area (Å²) in [5.74, 6) is 2.25. The minimum atomic E-state index is -0.578. The van der Waals surface area contributed by atoms with Gasteiger partial charge in [0, 0.05) is 237 Å². The minimum absolute atomic E-state index is 0.155. The highest BCUT2D eigenvalue weighted by Gasteiger charge is 2.32. The van der Waals surface area contributed by atoms with Crippen LogP contribution in [0.2, 0.25) is 0 Å². The first-order valence-corrected chi connectivity index (χ1v) is 43.8. The van der Waals surface area contributed by atoms with Crippen molar-refractivity contribution in [2.24, 2.45) is 0 Å². The number of nitrogens with one attached hydrogen (secondary N) is 6. The number of hydrogen-bond donors (Lipinski definition) is 7. The van der Waals surface area contributed by atoms with Gasteiger partial charge in [-0.2, -0.15) is 0 Å². The second kappa shape index (κ2) is 45.2. The number of nitrogens with zero attached hydrogens (tertiary/aromatic N) is 9. The van der Waals surface area contributed by atoms with E-state index in [1.165, 1.54) is 106 Å². The molecule has 4 fully saturated rings. The Morgan fingerprint density at radius 2 is 0.811 bits per heavy atom. The first kappa shape index (κ1) is 96.7. The number of anilines is 4. The van der Waals surface area contributed by atoms with E-state index in [0.717, 1.165) is 182 Å². The highest BCUT2D eigenvalue weighted by atomic mass is 19.1. The lowest BCUT2D eigenvalue weighted by molar-refractivity contribution is -0.385. The summed E-state index contributed by atoms with van der Waals surface area (Å²) in [5.41, 5.74) is 24.4. The van der Waals surface area contributed by atoms with Crippen LogP contribution in [0, 0.1) is 116 Å². The van der Waals surface area contributed by atoms with E-state index < -0.39 is 32.2 Å². The second-order valence-corrected chi connectivity index (χ2v) is 33.1. The third kappa shape index (κ3) is 24.6. The Morgan fingerprint density at radius 3 is 1.22 bits per heavy atom. The maximum absolute atomic E-state index is 12.7. The number of hydrogen-bond acceptors (Lipinski definition) is 17. The number of ether oxygens (including phenoxy) is 4. The molecule has 0 radical (unpaired) electrons. The Balaban J connectivity index is 0.000000142. The predicted molar refractivity (Wildman–Crippen MR) is 520 cm³/mol. The number of piperazine rings is 3. The molecule has 1 saturated carbocycles. The van der Waals surface area contributed by atoms with E-state index >= 15 is 0 Å². The molecule has 4 aliphatic rings. The van der Waals surface area contributed by atoms with Crippen molar-refractivity contribution in [3.63, 3.8) is 0 Å². The van der Waals surface area contributed by atoms with Gasteiger partial charge in [0.05, 0.1) is 90.0 Å². The van der Waals surface area contributed by atoms with Crippen molar-refractivity contribution >= 4 is 100 Å². The number of H-pyrrole nitrogens is 5. The first-order chi connectivity index (χ1) is 63.5. The van der Waals surface area contributed by atoms with E-state index in [-0.39, 0.29) is 22.9 Å². The molecule has 0 amide bonds.